The summed E-state index contributed by atoms with van der Waals surface area (Å²) >= 11 is 0. The molecule has 1 fully saturated rings. The van der Waals surface area contributed by atoms with Gasteiger partial charge >= 0.3 is 5.97 Å². The molecule has 1 heterocycles. The molecule has 0 bridgehead atoms. The van der Waals surface area contributed by atoms with Crippen molar-refractivity contribution in [3.05, 3.63) is 0 Å². The van der Waals surface area contributed by atoms with Crippen molar-refractivity contribution >= 4 is 5.97 Å². The van der Waals surface area contributed by atoms with Crippen LogP contribution in [0.4, 0.5) is 0 Å². The van der Waals surface area contributed by atoms with Crippen LogP contribution in [0.15, 0.2) is 0 Å². The second-order valence-corrected chi connectivity index (χ2v) is 5.93. The first-order valence-corrected chi connectivity index (χ1v) is 6.32. The van der Waals surface area contributed by atoms with Gasteiger partial charge in [-0.2, -0.15) is 0 Å². The van der Waals surface area contributed by atoms with Gasteiger partial charge in [0.25, 0.3) is 0 Å². The molecule has 0 radical (unpaired) electrons. The van der Waals surface area contributed by atoms with Gasteiger partial charge in [-0.1, -0.05) is 13.8 Å². The van der Waals surface area contributed by atoms with E-state index in [4.69, 9.17) is 5.11 Å². The molecule has 1 aliphatic rings. The summed E-state index contributed by atoms with van der Waals surface area (Å²) < 4.78 is 0. The predicted molar refractivity (Wildman–Crippen MR) is 65.5 cm³/mol. The molecule has 0 amide bonds. The maximum absolute atomic E-state index is 11.0. The SMILES string of the molecule is CC(C)C1CCCN1CCC(C)(C)C(=O)O. The van der Waals surface area contributed by atoms with Crippen LogP contribution in [0.25, 0.3) is 0 Å². The molecule has 0 saturated carbocycles. The van der Waals surface area contributed by atoms with Crippen molar-refractivity contribution < 1.29 is 9.90 Å². The van der Waals surface area contributed by atoms with Crippen LogP contribution in [0, 0.1) is 11.3 Å². The zero-order chi connectivity index (χ0) is 12.3. The molecule has 1 atom stereocenters. The van der Waals surface area contributed by atoms with Gasteiger partial charge in [-0.25, -0.2) is 0 Å². The Bertz CT molecular complexity index is 248. The number of rotatable bonds is 5. The molecule has 0 aromatic heterocycles. The molecule has 0 spiro atoms. The lowest BCUT2D eigenvalue weighted by Gasteiger charge is -2.30. The third-order valence-corrected chi connectivity index (χ3v) is 3.79. The lowest BCUT2D eigenvalue weighted by atomic mass is 9.89. The molecule has 1 unspecified atom stereocenters. The van der Waals surface area contributed by atoms with Crippen molar-refractivity contribution in [2.45, 2.75) is 53.0 Å². The van der Waals surface area contributed by atoms with Gasteiger partial charge in [-0.15, -0.1) is 0 Å². The monoisotopic (exact) mass is 227 g/mol. The van der Waals surface area contributed by atoms with Crippen LogP contribution < -0.4 is 0 Å². The average molecular weight is 227 g/mol. The molecule has 1 rings (SSSR count). The van der Waals surface area contributed by atoms with E-state index < -0.39 is 11.4 Å². The molecule has 1 N–H and O–H groups in total. The Morgan fingerprint density at radius 2 is 2.12 bits per heavy atom. The Morgan fingerprint density at radius 1 is 1.50 bits per heavy atom. The summed E-state index contributed by atoms with van der Waals surface area (Å²) in [7, 11) is 0. The third kappa shape index (κ3) is 3.21. The minimum Gasteiger partial charge on any atom is -0.481 e. The average Bonchev–Trinajstić information content (AvgIpc) is 2.62. The Hall–Kier alpha value is -0.570. The highest BCUT2D eigenvalue weighted by molar-refractivity contribution is 5.73. The summed E-state index contributed by atoms with van der Waals surface area (Å²) in [6.45, 7) is 10.2. The van der Waals surface area contributed by atoms with E-state index in [0.29, 0.717) is 12.0 Å². The normalized spacial score (nSPS) is 22.9. The number of carboxylic acid groups (broad SMARTS) is 1. The van der Waals surface area contributed by atoms with Crippen molar-refractivity contribution in [1.82, 2.24) is 4.90 Å². The minimum atomic E-state index is -0.687. The molecule has 0 aromatic rings. The molecule has 3 heteroatoms. The molecule has 3 nitrogen and oxygen atoms in total. The smallest absolute Gasteiger partial charge is 0.309 e. The van der Waals surface area contributed by atoms with E-state index >= 15 is 0 Å². The molecule has 1 aliphatic heterocycles. The van der Waals surface area contributed by atoms with Gasteiger partial charge < -0.3 is 10.0 Å². The minimum absolute atomic E-state index is 0.593. The molecular formula is C13H25NO2. The number of carboxylic acids is 1. The number of likely N-dealkylation sites (tertiary alicyclic amines) is 1. The zero-order valence-corrected chi connectivity index (χ0v) is 11.0. The molecular weight excluding hydrogens is 202 g/mol. The van der Waals surface area contributed by atoms with E-state index in [0.717, 1.165) is 19.5 Å². The summed E-state index contributed by atoms with van der Waals surface area (Å²) in [6, 6.07) is 0.657. The highest BCUT2D eigenvalue weighted by Gasteiger charge is 2.31. The second-order valence-electron chi connectivity index (χ2n) is 5.93. The first-order valence-electron chi connectivity index (χ1n) is 6.32. The number of aliphatic carboxylic acids is 1. The molecule has 0 aliphatic carbocycles. The second kappa shape index (κ2) is 5.17. The van der Waals surface area contributed by atoms with Crippen molar-refractivity contribution in [3.8, 4) is 0 Å². The lowest BCUT2D eigenvalue weighted by molar-refractivity contribution is -0.147. The molecule has 94 valence electrons. The number of carbonyl (C=O) groups is 1. The van der Waals surface area contributed by atoms with E-state index in [2.05, 4.69) is 18.7 Å². The van der Waals surface area contributed by atoms with Crippen LogP contribution in [0.1, 0.15) is 47.0 Å². The fraction of sp³-hybridized carbons (Fsp3) is 0.923. The Kier molecular flexibility index (Phi) is 4.36. The molecule has 0 aromatic carbocycles. The van der Waals surface area contributed by atoms with E-state index in [1.165, 1.54) is 12.8 Å². The van der Waals surface area contributed by atoms with Crippen LogP contribution in [0.3, 0.4) is 0 Å². The molecule has 1 saturated heterocycles. The van der Waals surface area contributed by atoms with Crippen molar-refractivity contribution in [1.29, 1.82) is 0 Å². The van der Waals surface area contributed by atoms with Crippen LogP contribution in [-0.4, -0.2) is 35.1 Å². The van der Waals surface area contributed by atoms with Gasteiger partial charge in [0.2, 0.25) is 0 Å². The first kappa shape index (κ1) is 13.5. The maximum Gasteiger partial charge on any atom is 0.309 e. The van der Waals surface area contributed by atoms with Gasteiger partial charge in [-0.05, 0) is 52.1 Å². The number of hydrogen-bond acceptors (Lipinski definition) is 2. The summed E-state index contributed by atoms with van der Waals surface area (Å²) in [5.41, 5.74) is -0.593. The van der Waals surface area contributed by atoms with Gasteiger partial charge in [-0.3, -0.25) is 4.79 Å². The first-order chi connectivity index (χ1) is 7.34. The van der Waals surface area contributed by atoms with E-state index in [1.54, 1.807) is 0 Å². The summed E-state index contributed by atoms with van der Waals surface area (Å²) in [4.78, 5) is 13.5. The number of nitrogens with zero attached hydrogens (tertiary/aromatic N) is 1. The summed E-state index contributed by atoms with van der Waals surface area (Å²) in [6.07, 6.45) is 3.27. The zero-order valence-electron chi connectivity index (χ0n) is 11.0. The topological polar surface area (TPSA) is 40.5 Å². The largest absolute Gasteiger partial charge is 0.481 e. The van der Waals surface area contributed by atoms with Gasteiger partial charge in [0.15, 0.2) is 0 Å². The molecule has 16 heavy (non-hydrogen) atoms. The highest BCUT2D eigenvalue weighted by Crippen LogP contribution is 2.27. The fourth-order valence-corrected chi connectivity index (χ4v) is 2.41. The Labute approximate surface area is 98.8 Å². The maximum atomic E-state index is 11.0. The van der Waals surface area contributed by atoms with E-state index in [1.807, 2.05) is 13.8 Å². The van der Waals surface area contributed by atoms with Crippen LogP contribution in [-0.2, 0) is 4.79 Å². The van der Waals surface area contributed by atoms with Crippen LogP contribution in [0.2, 0.25) is 0 Å². The quantitative estimate of drug-likeness (QED) is 0.785. The number of hydrogen-bond donors (Lipinski definition) is 1. The summed E-state index contributed by atoms with van der Waals surface area (Å²) in [5, 5.41) is 9.07. The standard InChI is InChI=1S/C13H25NO2/c1-10(2)11-6-5-8-14(11)9-7-13(3,4)12(15)16/h10-11H,5-9H2,1-4H3,(H,15,16). The van der Waals surface area contributed by atoms with Gasteiger partial charge in [0, 0.05) is 6.04 Å². The predicted octanol–water partition coefficient (Wildman–Crippen LogP) is 2.61. The van der Waals surface area contributed by atoms with Crippen molar-refractivity contribution in [2.24, 2.45) is 11.3 Å². The Morgan fingerprint density at radius 3 is 2.62 bits per heavy atom. The van der Waals surface area contributed by atoms with Crippen molar-refractivity contribution in [2.75, 3.05) is 13.1 Å². The highest BCUT2D eigenvalue weighted by atomic mass is 16.4. The fourth-order valence-electron chi connectivity index (χ4n) is 2.41. The third-order valence-electron chi connectivity index (χ3n) is 3.79. The summed E-state index contributed by atoms with van der Waals surface area (Å²) in [5.74, 6) is -0.0109. The van der Waals surface area contributed by atoms with Gasteiger partial charge in [0.05, 0.1) is 5.41 Å². The van der Waals surface area contributed by atoms with Crippen LogP contribution in [0.5, 0.6) is 0 Å². The van der Waals surface area contributed by atoms with E-state index in [-0.39, 0.29) is 0 Å². The van der Waals surface area contributed by atoms with Gasteiger partial charge in [0.1, 0.15) is 0 Å². The van der Waals surface area contributed by atoms with Crippen molar-refractivity contribution in [3.63, 3.8) is 0 Å². The van der Waals surface area contributed by atoms with Crippen LogP contribution >= 0.6 is 0 Å². The Balaban J connectivity index is 2.46. The lowest BCUT2D eigenvalue weighted by Crippen LogP contribution is -2.37. The van der Waals surface area contributed by atoms with E-state index in [9.17, 15) is 4.79 Å².